The predicted octanol–water partition coefficient (Wildman–Crippen LogP) is 5.76. The van der Waals surface area contributed by atoms with Crippen molar-refractivity contribution in [2.45, 2.75) is 19.4 Å². The fourth-order valence-electron chi connectivity index (χ4n) is 3.67. The van der Waals surface area contributed by atoms with Gasteiger partial charge in [0.15, 0.2) is 5.82 Å². The summed E-state index contributed by atoms with van der Waals surface area (Å²) in [6.45, 7) is 1.82. The van der Waals surface area contributed by atoms with Gasteiger partial charge in [0.2, 0.25) is 0 Å². The first-order chi connectivity index (χ1) is 17.4. The van der Waals surface area contributed by atoms with Crippen LogP contribution in [0, 0.1) is 0 Å². The smallest absolute Gasteiger partial charge is 0.413 e. The molecule has 5 rings (SSSR count). The molecule has 0 unspecified atom stereocenters. The number of ether oxygens (including phenoxy) is 1. The lowest BCUT2D eigenvalue weighted by atomic mass is 10.1. The quantitative estimate of drug-likeness (QED) is 0.281. The van der Waals surface area contributed by atoms with Crippen LogP contribution in [0.1, 0.15) is 24.3 Å². The molecule has 0 aliphatic rings. The topological polar surface area (TPSA) is 119 Å². The highest BCUT2D eigenvalue weighted by molar-refractivity contribution is 7.31. The van der Waals surface area contributed by atoms with Gasteiger partial charge < -0.3 is 9.84 Å². The van der Waals surface area contributed by atoms with Gasteiger partial charge in [0.1, 0.15) is 11.8 Å². The maximum Gasteiger partial charge on any atom is 0.413 e. The van der Waals surface area contributed by atoms with E-state index >= 15 is 0 Å². The number of carboxylic acid groups (broad SMARTS) is 1. The van der Waals surface area contributed by atoms with Crippen molar-refractivity contribution in [2.24, 2.45) is 7.05 Å². The van der Waals surface area contributed by atoms with Crippen LogP contribution in [0.3, 0.4) is 0 Å². The third-order valence-electron chi connectivity index (χ3n) is 5.48. The lowest BCUT2D eigenvalue weighted by molar-refractivity contribution is -0.136. The fraction of sp³-hybridized carbons (Fsp3) is 0.160. The summed E-state index contributed by atoms with van der Waals surface area (Å²) in [4.78, 5) is 29.6. The predicted molar refractivity (Wildman–Crippen MR) is 139 cm³/mol. The third-order valence-corrected chi connectivity index (χ3v) is 7.83. The number of aromatic nitrogens is 4. The maximum absolute atomic E-state index is 12.6. The molecule has 0 saturated heterocycles. The standard InChI is InChI=1S/C25H21N5O4S2/c1-14(15-6-4-3-5-7-15)34-25(33)27-24-23(28-29-30(24)2)21-12-20-19(36-21)11-18(35-20)16-8-9-17(26-13-16)10-22(31)32/h3-9,11-14H,10H2,1-2H3,(H,27,33)(H,31,32)/t14-/m1/s1. The molecule has 4 aromatic heterocycles. The Balaban J connectivity index is 1.33. The molecule has 4 heterocycles. The summed E-state index contributed by atoms with van der Waals surface area (Å²) >= 11 is 3.15. The Labute approximate surface area is 214 Å². The van der Waals surface area contributed by atoms with Crippen LogP contribution in [0.15, 0.2) is 60.8 Å². The number of carbonyl (C=O) groups excluding carboxylic acids is 1. The van der Waals surface area contributed by atoms with Gasteiger partial charge in [-0.05, 0) is 30.7 Å². The molecule has 0 bridgehead atoms. The number of hydrogen-bond donors (Lipinski definition) is 2. The SMILES string of the molecule is C[C@@H](OC(=O)Nc1c(-c2cc3sc(-c4ccc(CC(=O)O)nc4)cc3s2)nnn1C)c1ccccc1. The van der Waals surface area contributed by atoms with E-state index in [0.29, 0.717) is 17.2 Å². The van der Waals surface area contributed by atoms with Crippen LogP contribution < -0.4 is 5.32 Å². The number of pyridine rings is 1. The highest BCUT2D eigenvalue weighted by Crippen LogP contribution is 2.42. The molecule has 1 amide bonds. The molecule has 11 heteroatoms. The number of fused-ring (bicyclic) bond motifs is 1. The first-order valence-corrected chi connectivity index (χ1v) is 12.6. The van der Waals surface area contributed by atoms with Crippen molar-refractivity contribution < 1.29 is 19.4 Å². The molecular formula is C25H21N5O4S2. The summed E-state index contributed by atoms with van der Waals surface area (Å²) in [5.41, 5.74) is 2.91. The van der Waals surface area contributed by atoms with Crippen LogP contribution in [-0.4, -0.2) is 37.1 Å². The van der Waals surface area contributed by atoms with Crippen molar-refractivity contribution in [1.82, 2.24) is 20.0 Å². The van der Waals surface area contributed by atoms with E-state index in [-0.39, 0.29) is 6.42 Å². The van der Waals surface area contributed by atoms with E-state index in [1.807, 2.05) is 49.4 Å². The number of aliphatic carboxylic acids is 1. The number of benzene rings is 1. The van der Waals surface area contributed by atoms with Gasteiger partial charge in [-0.2, -0.15) is 0 Å². The average Bonchev–Trinajstić information content (AvgIpc) is 3.53. The Kier molecular flexibility index (Phi) is 6.49. The summed E-state index contributed by atoms with van der Waals surface area (Å²) in [5.74, 6) is -0.455. The number of rotatable bonds is 7. The molecule has 1 aromatic carbocycles. The van der Waals surface area contributed by atoms with Crippen LogP contribution in [0.4, 0.5) is 10.6 Å². The average molecular weight is 520 g/mol. The van der Waals surface area contributed by atoms with E-state index < -0.39 is 18.2 Å². The summed E-state index contributed by atoms with van der Waals surface area (Å²) in [5, 5.41) is 20.1. The first-order valence-electron chi connectivity index (χ1n) is 11.0. The summed E-state index contributed by atoms with van der Waals surface area (Å²) in [6, 6.07) is 17.2. The van der Waals surface area contributed by atoms with Crippen molar-refractivity contribution in [1.29, 1.82) is 0 Å². The van der Waals surface area contributed by atoms with Crippen molar-refractivity contribution in [3.05, 3.63) is 72.1 Å². The van der Waals surface area contributed by atoms with Gasteiger partial charge in [0, 0.05) is 33.1 Å². The number of anilines is 1. The second-order valence-electron chi connectivity index (χ2n) is 8.05. The molecule has 9 nitrogen and oxygen atoms in total. The Bertz CT molecular complexity index is 1510. The number of nitrogens with zero attached hydrogens (tertiary/aromatic N) is 4. The Morgan fingerprint density at radius 3 is 2.50 bits per heavy atom. The number of amides is 1. The van der Waals surface area contributed by atoms with Crippen LogP contribution in [0.2, 0.25) is 0 Å². The highest BCUT2D eigenvalue weighted by atomic mass is 32.1. The lowest BCUT2D eigenvalue weighted by Crippen LogP contribution is -2.18. The second-order valence-corrected chi connectivity index (χ2v) is 10.2. The molecule has 0 fully saturated rings. The van der Waals surface area contributed by atoms with Crippen molar-refractivity contribution in [3.8, 4) is 21.0 Å². The largest absolute Gasteiger partial charge is 0.481 e. The van der Waals surface area contributed by atoms with Crippen molar-refractivity contribution in [3.63, 3.8) is 0 Å². The zero-order valence-corrected chi connectivity index (χ0v) is 21.0. The Morgan fingerprint density at radius 1 is 1.08 bits per heavy atom. The van der Waals surface area contributed by atoms with Gasteiger partial charge in [-0.15, -0.1) is 27.8 Å². The minimum Gasteiger partial charge on any atom is -0.481 e. The van der Waals surface area contributed by atoms with Gasteiger partial charge in [0.05, 0.1) is 17.0 Å². The fourth-order valence-corrected chi connectivity index (χ4v) is 6.04. The van der Waals surface area contributed by atoms with Gasteiger partial charge in [-0.25, -0.2) is 9.48 Å². The van der Waals surface area contributed by atoms with Gasteiger partial charge in [-0.1, -0.05) is 41.6 Å². The second kappa shape index (κ2) is 9.88. The molecular weight excluding hydrogens is 498 g/mol. The van der Waals surface area contributed by atoms with E-state index in [9.17, 15) is 9.59 Å². The number of hydrogen-bond acceptors (Lipinski definition) is 8. The van der Waals surface area contributed by atoms with Crippen molar-refractivity contribution >= 4 is 50.0 Å². The van der Waals surface area contributed by atoms with Crippen LogP contribution in [-0.2, 0) is 23.0 Å². The van der Waals surface area contributed by atoms with E-state index in [0.717, 1.165) is 30.3 Å². The lowest BCUT2D eigenvalue weighted by Gasteiger charge is -2.14. The number of aryl methyl sites for hydroxylation is 1. The van der Waals surface area contributed by atoms with Crippen LogP contribution >= 0.6 is 22.7 Å². The third kappa shape index (κ3) is 4.97. The monoisotopic (exact) mass is 519 g/mol. The molecule has 0 aliphatic heterocycles. The minimum atomic E-state index is -0.906. The molecule has 0 spiro atoms. The molecule has 5 aromatic rings. The molecule has 0 aliphatic carbocycles. The van der Waals surface area contributed by atoms with E-state index in [1.165, 1.54) is 4.68 Å². The number of carboxylic acids is 1. The molecule has 0 saturated carbocycles. The molecule has 182 valence electrons. The highest BCUT2D eigenvalue weighted by Gasteiger charge is 2.21. The maximum atomic E-state index is 12.6. The number of carbonyl (C=O) groups is 2. The van der Waals surface area contributed by atoms with Gasteiger partial charge >= 0.3 is 12.1 Å². The number of nitrogens with one attached hydrogen (secondary N) is 1. The van der Waals surface area contributed by atoms with E-state index in [1.54, 1.807) is 42.0 Å². The minimum absolute atomic E-state index is 0.101. The number of thiophene rings is 2. The molecule has 1 atom stereocenters. The zero-order chi connectivity index (χ0) is 25.2. The molecule has 36 heavy (non-hydrogen) atoms. The summed E-state index contributed by atoms with van der Waals surface area (Å²) in [6.07, 6.45) is 0.601. The zero-order valence-electron chi connectivity index (χ0n) is 19.3. The van der Waals surface area contributed by atoms with Crippen molar-refractivity contribution in [2.75, 3.05) is 5.32 Å². The van der Waals surface area contributed by atoms with E-state index in [2.05, 4.69) is 26.7 Å². The Morgan fingerprint density at radius 2 is 1.81 bits per heavy atom. The van der Waals surface area contributed by atoms with Crippen LogP contribution in [0.5, 0.6) is 0 Å². The van der Waals surface area contributed by atoms with Gasteiger partial charge in [-0.3, -0.25) is 15.1 Å². The van der Waals surface area contributed by atoms with Crippen LogP contribution in [0.25, 0.3) is 30.4 Å². The van der Waals surface area contributed by atoms with E-state index in [4.69, 9.17) is 9.84 Å². The molecule has 0 radical (unpaired) electrons. The normalized spacial score (nSPS) is 11.9. The first kappa shape index (κ1) is 23.6. The summed E-state index contributed by atoms with van der Waals surface area (Å²) < 4.78 is 9.18. The molecule has 2 N–H and O–H groups in total. The Hall–Kier alpha value is -4.09. The summed E-state index contributed by atoms with van der Waals surface area (Å²) in [7, 11) is 1.71. The van der Waals surface area contributed by atoms with Gasteiger partial charge in [0.25, 0.3) is 0 Å².